The monoisotopic (exact) mass is 2000 g/mol. The Bertz CT molecular complexity index is 5710. The number of fused-ring (bicyclic) bond motifs is 2. The minimum Gasteiger partial charge on any atom is -0.508 e. The maximum atomic E-state index is 14.9. The van der Waals surface area contributed by atoms with Gasteiger partial charge >= 0.3 is 29.8 Å². The highest BCUT2D eigenvalue weighted by Crippen LogP contribution is 2.42. The number of carboxylic acid groups (broad SMARTS) is 5. The van der Waals surface area contributed by atoms with E-state index in [4.69, 9.17) is 10.2 Å². The first-order valence-electron chi connectivity index (χ1n) is 45.6. The van der Waals surface area contributed by atoms with Gasteiger partial charge in [-0.3, -0.25) is 101 Å². The van der Waals surface area contributed by atoms with Crippen molar-refractivity contribution in [3.05, 3.63) is 142 Å². The number of aliphatic hydroxyl groups excluding tert-OH is 3. The Morgan fingerprint density at radius 2 is 0.860 bits per heavy atom. The van der Waals surface area contributed by atoms with Crippen LogP contribution in [-0.2, 0) is 104 Å². The first kappa shape index (κ1) is 114. The van der Waals surface area contributed by atoms with Gasteiger partial charge in [0.2, 0.25) is 82.7 Å². The SMILES string of the molecule is CC(C)C[C@H](NC(=O)[C@H](CO)NC(=O)c1ccc(-c2c3ccc(=O)cc-3oc3cc(O)ccc23)c(C=O)c1)C(=O)N[C@@H](Cc1ccccc1)C(=O)N[C@H](C(=O)N1CCC[C@H]1C(=O)N[C@@H](CC(=O)O)C(=O)N[C@@H](Cc1ccc(O)cc1)C(=O)N[C@@H](CCC(=O)O)C(=O)N[C@@H](CC(C)C)C(=O)N[C@@H](CC(C)C)C(=O)N[C@H](C(=O)N[C@@H](CCC(=O)O)C(=O)N[C@@H](CC(N)=O)C(=O)N[C@@H](CC(=O)O)C(=O)O)[C@@H](C)O)[C@@H](C)O. The second-order valence-corrected chi connectivity index (χ2v) is 35.7. The van der Waals surface area contributed by atoms with Crippen LogP contribution in [0.2, 0.25) is 0 Å². The molecule has 2 aliphatic heterocycles. The van der Waals surface area contributed by atoms with E-state index >= 15 is 0 Å². The molecule has 7 rings (SSSR count). The van der Waals surface area contributed by atoms with Crippen LogP contribution in [0.4, 0.5) is 0 Å². The molecule has 0 unspecified atom stereocenters. The van der Waals surface area contributed by atoms with E-state index in [2.05, 4.69) is 58.5 Å². The number of likely N-dealkylation sites (tertiary alicyclic amines) is 1. The topological polar surface area (TPSA) is 777 Å². The average Bonchev–Trinajstić information content (AvgIpc) is 1.16. The summed E-state index contributed by atoms with van der Waals surface area (Å²) in [6, 6.07) is -0.957. The Hall–Kier alpha value is -15.9. The molecule has 0 bridgehead atoms. The number of nitrogens with two attached hydrogens (primary N) is 1. The van der Waals surface area contributed by atoms with Crippen molar-refractivity contribution in [2.24, 2.45) is 23.5 Å². The summed E-state index contributed by atoms with van der Waals surface area (Å²) in [5.41, 5.74) is 6.49. The van der Waals surface area contributed by atoms with Crippen molar-refractivity contribution in [1.82, 2.24) is 74.0 Å². The van der Waals surface area contributed by atoms with Crippen LogP contribution in [0.15, 0.2) is 118 Å². The molecule has 4 aromatic rings. The minimum absolute atomic E-state index is 0.0419. The van der Waals surface area contributed by atoms with Crippen LogP contribution in [0.25, 0.3) is 33.4 Å². The van der Waals surface area contributed by atoms with Crippen molar-refractivity contribution in [1.29, 1.82) is 0 Å². The lowest BCUT2D eigenvalue weighted by Crippen LogP contribution is -2.62. The lowest BCUT2D eigenvalue weighted by molar-refractivity contribution is -0.147. The zero-order valence-electron chi connectivity index (χ0n) is 79.1. The number of hydrogen-bond donors (Lipinski definition) is 24. The summed E-state index contributed by atoms with van der Waals surface area (Å²) in [5.74, 6) is -28.3. The summed E-state index contributed by atoms with van der Waals surface area (Å²) < 4.78 is 5.94. The summed E-state index contributed by atoms with van der Waals surface area (Å²) >= 11 is 0. The standard InChI is InChI=1S/C95H119N15O33/c1-44(2)31-61(84(130)100-63(33-46(5)6)89(135)108-79(47(7)113)93(139)98-60(27-29-75(121)122)83(129)104-66(39-73(96)118)87(133)106-68(95(141)142)41-77(125)126)99-82(128)59(26-28-74(119)120)97-86(132)64(35-50-16-19-53(115)20-17-50)102-88(134)67(40-76(123)124)105-92(138)70-15-12-30-110(70)94(140)80(48(8)114)109-90(136)65(34-49-13-10-9-11-14-49)103-85(131)62(32-45(3)4)101-91(137)69(43-112)107-81(127)51-18-23-56(52(36-51)42-111)78-57-24-21-54(116)37-71(57)143-72-38-55(117)22-25-58(72)78/h9-11,13-14,16-25,36-38,42,44-48,59-70,79-80,112-116H,12,15,26-35,39-41,43H2,1-8H3,(H2,96,118)(H,97,132)(H,98,139)(H,99,128)(H,100,130)(H,101,137)(H,102,134)(H,103,131)(H,104,129)(H,105,138)(H,106,133)(H,107,127)(H,108,135)(H,109,136)(H,119,120)(H,121,122)(H,123,124)(H,125,126)(H,141,142)/t47-,48-,59+,60+,61+,62+,63+,64+,65+,66+,67+,68+,69+,70+,79+,80+/m1/s1. The van der Waals surface area contributed by atoms with Crippen LogP contribution in [0.1, 0.15) is 164 Å². The van der Waals surface area contributed by atoms with Gasteiger partial charge in [0, 0.05) is 72.0 Å². The van der Waals surface area contributed by atoms with Crippen LogP contribution < -0.4 is 80.3 Å². The molecule has 0 radical (unpaired) electrons. The number of phenols is 2. The second-order valence-electron chi connectivity index (χ2n) is 35.7. The first-order valence-corrected chi connectivity index (χ1v) is 45.6. The molecular formula is C95H119N15O33. The molecule has 48 heteroatoms. The van der Waals surface area contributed by atoms with Crippen LogP contribution in [-0.4, -0.2) is 291 Å². The highest BCUT2D eigenvalue weighted by molar-refractivity contribution is 6.09. The summed E-state index contributed by atoms with van der Waals surface area (Å²) in [7, 11) is 0. The van der Waals surface area contributed by atoms with E-state index in [0.29, 0.717) is 28.4 Å². The van der Waals surface area contributed by atoms with E-state index in [1.807, 2.05) is 10.6 Å². The number of aliphatic hydroxyl groups is 3. The molecule has 16 atom stereocenters. The smallest absolute Gasteiger partial charge is 0.326 e. The van der Waals surface area contributed by atoms with Gasteiger partial charge in [0.25, 0.3) is 5.91 Å². The van der Waals surface area contributed by atoms with E-state index in [9.17, 15) is 157 Å². The van der Waals surface area contributed by atoms with Gasteiger partial charge in [-0.15, -0.1) is 0 Å². The number of nitrogens with zero attached hydrogens (tertiary/aromatic N) is 1. The first-order chi connectivity index (χ1) is 67.3. The maximum Gasteiger partial charge on any atom is 0.326 e. The van der Waals surface area contributed by atoms with Gasteiger partial charge in [-0.2, -0.15) is 0 Å². The number of phenolic OH excluding ortho intramolecular Hbond substituents is 2. The van der Waals surface area contributed by atoms with Gasteiger partial charge in [-0.1, -0.05) is 90.1 Å². The fourth-order valence-electron chi connectivity index (χ4n) is 15.6. The number of benzene rings is 5. The molecule has 1 aliphatic carbocycles. The van der Waals surface area contributed by atoms with Gasteiger partial charge in [0.1, 0.15) is 107 Å². The molecule has 0 aromatic heterocycles. The van der Waals surface area contributed by atoms with Gasteiger partial charge < -0.3 is 135 Å². The van der Waals surface area contributed by atoms with Gasteiger partial charge in [0.15, 0.2) is 11.7 Å². The molecule has 143 heavy (non-hydrogen) atoms. The third-order valence-corrected chi connectivity index (χ3v) is 22.7. The molecular weight excluding hydrogens is 1880 g/mol. The number of rotatable bonds is 55. The summed E-state index contributed by atoms with van der Waals surface area (Å²) in [6.45, 7) is 10.5. The lowest BCUT2D eigenvalue weighted by atomic mass is 9.90. The number of aliphatic carboxylic acids is 5. The molecule has 1 saturated heterocycles. The quantitative estimate of drug-likeness (QED) is 0.0141. The minimum atomic E-state index is -2.14. The molecule has 0 spiro atoms. The molecule has 3 aliphatic rings. The Morgan fingerprint density at radius 3 is 1.35 bits per heavy atom. The number of carbonyl (C=O) groups is 21. The predicted molar refractivity (Wildman–Crippen MR) is 501 cm³/mol. The molecule has 0 saturated carbocycles. The van der Waals surface area contributed by atoms with Crippen molar-refractivity contribution < 1.29 is 156 Å². The second kappa shape index (κ2) is 53.5. The van der Waals surface area contributed by atoms with Crippen molar-refractivity contribution >= 4 is 136 Å². The summed E-state index contributed by atoms with van der Waals surface area (Å²) in [4.78, 5) is 300. The van der Waals surface area contributed by atoms with Crippen molar-refractivity contribution in [3.63, 3.8) is 0 Å². The fourth-order valence-corrected chi connectivity index (χ4v) is 15.6. The molecule has 48 nitrogen and oxygen atoms in total. The Morgan fingerprint density at radius 1 is 0.434 bits per heavy atom. The predicted octanol–water partition coefficient (Wildman–Crippen LogP) is -2.29. The molecule has 4 aromatic carbocycles. The lowest BCUT2D eigenvalue weighted by Gasteiger charge is -2.32. The number of nitrogens with one attached hydrogen (secondary N) is 13. The Kier molecular flexibility index (Phi) is 42.7. The third-order valence-electron chi connectivity index (χ3n) is 22.7. The number of primary amides is 1. The number of hydrogen-bond acceptors (Lipinski definition) is 28. The molecule has 25 N–H and O–H groups in total. The van der Waals surface area contributed by atoms with Crippen LogP contribution in [0.3, 0.4) is 0 Å². The zero-order valence-corrected chi connectivity index (χ0v) is 79.1. The van der Waals surface area contributed by atoms with Crippen LogP contribution in [0, 0.1) is 17.8 Å². The number of aromatic hydroxyl groups is 2. The highest BCUT2D eigenvalue weighted by Gasteiger charge is 2.44. The number of carbonyl (C=O) groups excluding carboxylic acids is 16. The number of carboxylic acids is 5. The third kappa shape index (κ3) is 34.6. The maximum absolute atomic E-state index is 14.9. The number of amides is 15. The Labute approximate surface area is 816 Å². The van der Waals surface area contributed by atoms with Crippen LogP contribution in [0.5, 0.6) is 11.5 Å². The molecule has 2 heterocycles. The molecule has 1 fully saturated rings. The van der Waals surface area contributed by atoms with E-state index in [1.165, 1.54) is 78.9 Å². The largest absolute Gasteiger partial charge is 0.508 e. The van der Waals surface area contributed by atoms with E-state index in [1.54, 1.807) is 71.9 Å². The Balaban J connectivity index is 1.07. The zero-order chi connectivity index (χ0) is 106. The molecule has 15 amide bonds. The fraction of sp³-hybridized carbons (Fsp3) is 0.453. The van der Waals surface area contributed by atoms with Gasteiger partial charge in [-0.25, -0.2) is 4.79 Å². The van der Waals surface area contributed by atoms with E-state index in [0.717, 1.165) is 18.7 Å². The van der Waals surface area contributed by atoms with E-state index < -0.39 is 290 Å². The van der Waals surface area contributed by atoms with E-state index in [-0.39, 0.29) is 96.1 Å². The average molecular weight is 2000 g/mol. The highest BCUT2D eigenvalue weighted by atomic mass is 16.4. The van der Waals surface area contributed by atoms with Crippen molar-refractivity contribution in [2.75, 3.05) is 13.2 Å². The van der Waals surface area contributed by atoms with Crippen LogP contribution >= 0.6 is 0 Å². The van der Waals surface area contributed by atoms with Gasteiger partial charge in [0.05, 0.1) is 38.1 Å². The van der Waals surface area contributed by atoms with Gasteiger partial charge in [-0.05, 0) is 142 Å². The van der Waals surface area contributed by atoms with Crippen molar-refractivity contribution in [3.8, 4) is 33.9 Å². The number of aldehydes is 1. The summed E-state index contributed by atoms with van der Waals surface area (Å²) in [6.07, 6.45) is -11.7. The molecule has 772 valence electrons. The normalized spacial score (nSPS) is 15.5. The van der Waals surface area contributed by atoms with Crippen molar-refractivity contribution in [2.45, 2.75) is 242 Å². The summed E-state index contributed by atoms with van der Waals surface area (Å²) in [5, 5.41) is 133.